The molecular formula is C15H16O4. The minimum absolute atomic E-state index is 0.0634. The van der Waals surface area contributed by atoms with Crippen LogP contribution in [0.2, 0.25) is 0 Å². The van der Waals surface area contributed by atoms with Gasteiger partial charge < -0.3 is 9.47 Å². The Bertz CT molecular complexity index is 537. The summed E-state index contributed by atoms with van der Waals surface area (Å²) in [5.74, 6) is -0.101. The second-order valence-corrected chi connectivity index (χ2v) is 4.75. The number of aryl methyl sites for hydroxylation is 2. The molecule has 0 saturated carbocycles. The molecule has 1 unspecified atom stereocenters. The van der Waals surface area contributed by atoms with Crippen molar-refractivity contribution in [2.45, 2.75) is 33.5 Å². The molecule has 1 aromatic rings. The van der Waals surface area contributed by atoms with Gasteiger partial charge in [-0.2, -0.15) is 0 Å². The van der Waals surface area contributed by atoms with E-state index >= 15 is 0 Å². The van der Waals surface area contributed by atoms with E-state index in [-0.39, 0.29) is 12.2 Å². The van der Waals surface area contributed by atoms with Crippen LogP contribution in [-0.4, -0.2) is 18.0 Å². The van der Waals surface area contributed by atoms with E-state index in [4.69, 9.17) is 9.47 Å². The predicted octanol–water partition coefficient (Wildman–Crippen LogP) is 2.68. The van der Waals surface area contributed by atoms with Crippen LogP contribution in [0.5, 0.6) is 0 Å². The van der Waals surface area contributed by atoms with Crippen molar-refractivity contribution in [1.82, 2.24) is 0 Å². The number of benzene rings is 1. The van der Waals surface area contributed by atoms with Crippen molar-refractivity contribution in [3.63, 3.8) is 0 Å². The van der Waals surface area contributed by atoms with Gasteiger partial charge in [0.25, 0.3) is 6.29 Å². The molecule has 100 valence electrons. The Kier molecular flexibility index (Phi) is 3.69. The van der Waals surface area contributed by atoms with Gasteiger partial charge >= 0.3 is 5.97 Å². The number of rotatable bonds is 2. The maximum absolute atomic E-state index is 12.0. The summed E-state index contributed by atoms with van der Waals surface area (Å²) < 4.78 is 10.5. The number of hydrogen-bond acceptors (Lipinski definition) is 4. The van der Waals surface area contributed by atoms with E-state index in [2.05, 4.69) is 0 Å². The normalized spacial score (nSPS) is 18.6. The van der Waals surface area contributed by atoms with Gasteiger partial charge in [0.15, 0.2) is 5.78 Å². The maximum Gasteiger partial charge on any atom is 0.341 e. The zero-order valence-corrected chi connectivity index (χ0v) is 11.2. The van der Waals surface area contributed by atoms with Crippen LogP contribution in [0.1, 0.15) is 34.8 Å². The van der Waals surface area contributed by atoms with E-state index in [1.165, 1.54) is 6.08 Å². The highest BCUT2D eigenvalue weighted by molar-refractivity contribution is 5.92. The molecule has 0 N–H and O–H groups in total. The molecule has 1 atom stereocenters. The fourth-order valence-electron chi connectivity index (χ4n) is 2.08. The van der Waals surface area contributed by atoms with Crippen LogP contribution in [0.15, 0.2) is 30.0 Å². The maximum atomic E-state index is 12.0. The molecule has 4 heteroatoms. The molecule has 4 nitrogen and oxygen atoms in total. The van der Waals surface area contributed by atoms with Gasteiger partial charge in [0.05, 0.1) is 12.0 Å². The lowest BCUT2D eigenvalue weighted by Crippen LogP contribution is -2.27. The molecule has 1 aliphatic rings. The molecule has 0 aromatic heterocycles. The van der Waals surface area contributed by atoms with Crippen LogP contribution >= 0.6 is 0 Å². The van der Waals surface area contributed by atoms with Crippen molar-refractivity contribution in [3.05, 3.63) is 46.7 Å². The Labute approximate surface area is 112 Å². The Morgan fingerprint density at radius 1 is 1.21 bits per heavy atom. The quantitative estimate of drug-likeness (QED) is 0.767. The van der Waals surface area contributed by atoms with Gasteiger partial charge in [-0.25, -0.2) is 4.79 Å². The summed E-state index contributed by atoms with van der Waals surface area (Å²) in [7, 11) is 0. The van der Waals surface area contributed by atoms with Crippen LogP contribution in [-0.2, 0) is 14.3 Å². The summed E-state index contributed by atoms with van der Waals surface area (Å²) in [6, 6.07) is 5.48. The highest BCUT2D eigenvalue weighted by Crippen LogP contribution is 2.17. The smallest absolute Gasteiger partial charge is 0.341 e. The van der Waals surface area contributed by atoms with Gasteiger partial charge in [-0.05, 0) is 32.9 Å². The first-order valence-corrected chi connectivity index (χ1v) is 6.11. The first-order chi connectivity index (χ1) is 8.94. The summed E-state index contributed by atoms with van der Waals surface area (Å²) >= 11 is 0. The van der Waals surface area contributed by atoms with Gasteiger partial charge in [0.1, 0.15) is 5.76 Å². The number of carbonyl (C=O) groups excluding carboxylic acids is 2. The summed E-state index contributed by atoms with van der Waals surface area (Å²) in [6.45, 7) is 5.49. The lowest BCUT2D eigenvalue weighted by atomic mass is 10.1. The summed E-state index contributed by atoms with van der Waals surface area (Å²) in [5, 5.41) is 0. The number of ether oxygens (including phenoxy) is 2. The van der Waals surface area contributed by atoms with Gasteiger partial charge in [-0.3, -0.25) is 4.79 Å². The van der Waals surface area contributed by atoms with Crippen molar-refractivity contribution >= 4 is 11.8 Å². The number of allylic oxidation sites excluding steroid dienone is 2. The number of esters is 1. The Morgan fingerprint density at radius 3 is 2.42 bits per heavy atom. The van der Waals surface area contributed by atoms with Crippen molar-refractivity contribution in [2.75, 3.05) is 0 Å². The largest absolute Gasteiger partial charge is 0.459 e. The van der Waals surface area contributed by atoms with Crippen LogP contribution in [0.25, 0.3) is 0 Å². The highest BCUT2D eigenvalue weighted by atomic mass is 16.7. The van der Waals surface area contributed by atoms with E-state index in [1.807, 2.05) is 19.9 Å². The Balaban J connectivity index is 2.09. The molecule has 0 aliphatic carbocycles. The van der Waals surface area contributed by atoms with Gasteiger partial charge in [0, 0.05) is 6.08 Å². The van der Waals surface area contributed by atoms with E-state index in [0.29, 0.717) is 11.3 Å². The summed E-state index contributed by atoms with van der Waals surface area (Å²) in [6.07, 6.45) is 0.639. The molecule has 2 rings (SSSR count). The Hall–Kier alpha value is -2.10. The molecule has 0 amide bonds. The lowest BCUT2D eigenvalue weighted by Gasteiger charge is -2.22. The number of carbonyl (C=O) groups is 2. The molecule has 0 bridgehead atoms. The fourth-order valence-corrected chi connectivity index (χ4v) is 2.08. The number of hydrogen-bond donors (Lipinski definition) is 0. The third-order valence-corrected chi connectivity index (χ3v) is 2.75. The standard InChI is InChI=1S/C15H16O4/c1-9-4-10(2)6-12(5-9)15(17)19-14-8-13(16)7-11(3)18-14/h4-7,14H,8H2,1-3H3. The monoisotopic (exact) mass is 260 g/mol. The zero-order valence-electron chi connectivity index (χ0n) is 11.2. The van der Waals surface area contributed by atoms with Crippen molar-refractivity contribution in [3.8, 4) is 0 Å². The third-order valence-electron chi connectivity index (χ3n) is 2.75. The molecule has 1 heterocycles. The lowest BCUT2D eigenvalue weighted by molar-refractivity contribution is -0.131. The molecule has 0 fully saturated rings. The topological polar surface area (TPSA) is 52.6 Å². The average Bonchev–Trinajstić information content (AvgIpc) is 2.25. The van der Waals surface area contributed by atoms with Crippen LogP contribution in [0.3, 0.4) is 0 Å². The van der Waals surface area contributed by atoms with Crippen LogP contribution in [0, 0.1) is 13.8 Å². The molecule has 19 heavy (non-hydrogen) atoms. The Morgan fingerprint density at radius 2 is 1.84 bits per heavy atom. The summed E-state index contributed by atoms with van der Waals surface area (Å²) in [4.78, 5) is 23.4. The summed E-state index contributed by atoms with van der Waals surface area (Å²) in [5.41, 5.74) is 2.45. The van der Waals surface area contributed by atoms with E-state index < -0.39 is 12.3 Å². The van der Waals surface area contributed by atoms with Crippen LogP contribution < -0.4 is 0 Å². The van der Waals surface area contributed by atoms with E-state index in [9.17, 15) is 9.59 Å². The third kappa shape index (κ3) is 3.44. The molecule has 1 aliphatic heterocycles. The minimum atomic E-state index is -0.828. The minimum Gasteiger partial charge on any atom is -0.459 e. The van der Waals surface area contributed by atoms with Gasteiger partial charge in [-0.15, -0.1) is 0 Å². The SMILES string of the molecule is CC1=CC(=O)CC(OC(=O)c2cc(C)cc(C)c2)O1. The first kappa shape index (κ1) is 13.3. The van der Waals surface area contributed by atoms with Crippen molar-refractivity contribution in [1.29, 1.82) is 0 Å². The number of ketones is 1. The van der Waals surface area contributed by atoms with E-state index in [0.717, 1.165) is 11.1 Å². The van der Waals surface area contributed by atoms with Gasteiger partial charge in [0.2, 0.25) is 0 Å². The van der Waals surface area contributed by atoms with Gasteiger partial charge in [-0.1, -0.05) is 17.2 Å². The van der Waals surface area contributed by atoms with Crippen molar-refractivity contribution in [2.24, 2.45) is 0 Å². The molecule has 0 radical (unpaired) electrons. The van der Waals surface area contributed by atoms with Crippen molar-refractivity contribution < 1.29 is 19.1 Å². The second kappa shape index (κ2) is 5.26. The fraction of sp³-hybridized carbons (Fsp3) is 0.333. The molecule has 1 aromatic carbocycles. The highest BCUT2D eigenvalue weighted by Gasteiger charge is 2.24. The average molecular weight is 260 g/mol. The van der Waals surface area contributed by atoms with E-state index in [1.54, 1.807) is 19.1 Å². The predicted molar refractivity (Wildman–Crippen MR) is 69.6 cm³/mol. The zero-order chi connectivity index (χ0) is 14.0. The molecular weight excluding hydrogens is 244 g/mol. The second-order valence-electron chi connectivity index (χ2n) is 4.75. The molecule has 0 saturated heterocycles. The van der Waals surface area contributed by atoms with Crippen LogP contribution in [0.4, 0.5) is 0 Å². The first-order valence-electron chi connectivity index (χ1n) is 6.11. The molecule has 0 spiro atoms.